The standard InChI is InChI=1S/C15H32N2/c1-6-9-15(5,12-16-7-2)13-17-11-8-10-14(17,3)4/h16H,6-13H2,1-5H3. The van der Waals surface area contributed by atoms with Gasteiger partial charge in [-0.15, -0.1) is 0 Å². The van der Waals surface area contributed by atoms with Crippen molar-refractivity contribution in [3.8, 4) is 0 Å². The largest absolute Gasteiger partial charge is 0.316 e. The van der Waals surface area contributed by atoms with Crippen molar-refractivity contribution in [3.63, 3.8) is 0 Å². The van der Waals surface area contributed by atoms with Crippen LogP contribution in [0.4, 0.5) is 0 Å². The molecule has 0 radical (unpaired) electrons. The Kier molecular flexibility index (Phi) is 5.46. The maximum atomic E-state index is 3.55. The molecule has 2 heteroatoms. The van der Waals surface area contributed by atoms with E-state index in [1.807, 2.05) is 0 Å². The highest BCUT2D eigenvalue weighted by Crippen LogP contribution is 2.33. The average molecular weight is 240 g/mol. The average Bonchev–Trinajstić information content (AvgIpc) is 2.56. The van der Waals surface area contributed by atoms with Gasteiger partial charge in [-0.3, -0.25) is 4.90 Å². The van der Waals surface area contributed by atoms with Crippen molar-refractivity contribution >= 4 is 0 Å². The van der Waals surface area contributed by atoms with Crippen LogP contribution in [0.1, 0.15) is 60.3 Å². The Morgan fingerprint density at radius 1 is 1.29 bits per heavy atom. The van der Waals surface area contributed by atoms with Crippen LogP contribution in [0.5, 0.6) is 0 Å². The monoisotopic (exact) mass is 240 g/mol. The number of rotatable bonds is 7. The highest BCUT2D eigenvalue weighted by molar-refractivity contribution is 4.92. The molecule has 102 valence electrons. The molecule has 1 atom stereocenters. The molecular formula is C15H32N2. The molecule has 1 saturated heterocycles. The van der Waals surface area contributed by atoms with Crippen molar-refractivity contribution in [2.24, 2.45) is 5.41 Å². The van der Waals surface area contributed by atoms with Crippen molar-refractivity contribution < 1.29 is 0 Å². The fraction of sp³-hybridized carbons (Fsp3) is 1.00. The van der Waals surface area contributed by atoms with E-state index in [2.05, 4.69) is 44.8 Å². The van der Waals surface area contributed by atoms with Gasteiger partial charge in [-0.1, -0.05) is 27.2 Å². The van der Waals surface area contributed by atoms with Crippen molar-refractivity contribution in [3.05, 3.63) is 0 Å². The fourth-order valence-corrected chi connectivity index (χ4v) is 3.17. The van der Waals surface area contributed by atoms with E-state index in [0.29, 0.717) is 11.0 Å². The summed E-state index contributed by atoms with van der Waals surface area (Å²) in [5.41, 5.74) is 0.855. The Bertz CT molecular complexity index is 225. The van der Waals surface area contributed by atoms with E-state index in [4.69, 9.17) is 0 Å². The summed E-state index contributed by atoms with van der Waals surface area (Å²) in [6, 6.07) is 0. The first kappa shape index (κ1) is 15.0. The second-order valence-electron chi connectivity index (χ2n) is 6.68. The zero-order valence-corrected chi connectivity index (χ0v) is 12.6. The Hall–Kier alpha value is -0.0800. The van der Waals surface area contributed by atoms with Gasteiger partial charge in [0.25, 0.3) is 0 Å². The lowest BCUT2D eigenvalue weighted by Crippen LogP contribution is -2.47. The maximum absolute atomic E-state index is 3.55. The highest BCUT2D eigenvalue weighted by Gasteiger charge is 2.36. The third kappa shape index (κ3) is 4.26. The third-order valence-corrected chi connectivity index (χ3v) is 4.30. The highest BCUT2D eigenvalue weighted by atomic mass is 15.2. The van der Waals surface area contributed by atoms with Gasteiger partial charge in [-0.25, -0.2) is 0 Å². The first-order chi connectivity index (χ1) is 7.93. The minimum atomic E-state index is 0.418. The first-order valence-electron chi connectivity index (χ1n) is 7.39. The van der Waals surface area contributed by atoms with Crippen LogP contribution in [0, 0.1) is 5.41 Å². The van der Waals surface area contributed by atoms with Crippen LogP contribution >= 0.6 is 0 Å². The lowest BCUT2D eigenvalue weighted by atomic mass is 9.83. The molecule has 1 aliphatic rings. The summed E-state index contributed by atoms with van der Waals surface area (Å²) in [6.45, 7) is 16.5. The molecule has 1 heterocycles. The quantitative estimate of drug-likeness (QED) is 0.735. The fourth-order valence-electron chi connectivity index (χ4n) is 3.17. The zero-order chi connectivity index (χ0) is 12.9. The molecule has 1 aliphatic heterocycles. The van der Waals surface area contributed by atoms with Crippen LogP contribution in [0.25, 0.3) is 0 Å². The normalized spacial score (nSPS) is 23.8. The van der Waals surface area contributed by atoms with Gasteiger partial charge < -0.3 is 5.32 Å². The molecule has 0 saturated carbocycles. The molecule has 0 aromatic carbocycles. The molecule has 0 bridgehead atoms. The molecule has 17 heavy (non-hydrogen) atoms. The molecule has 1 fully saturated rings. The van der Waals surface area contributed by atoms with Crippen molar-refractivity contribution in [2.45, 2.75) is 65.8 Å². The molecular weight excluding hydrogens is 208 g/mol. The van der Waals surface area contributed by atoms with Crippen molar-refractivity contribution in [2.75, 3.05) is 26.2 Å². The summed E-state index contributed by atoms with van der Waals surface area (Å²) in [5, 5.41) is 3.55. The van der Waals surface area contributed by atoms with Gasteiger partial charge in [-0.05, 0) is 51.6 Å². The summed E-state index contributed by atoms with van der Waals surface area (Å²) in [4.78, 5) is 2.71. The van der Waals surface area contributed by atoms with Crippen LogP contribution in [0.15, 0.2) is 0 Å². The van der Waals surface area contributed by atoms with Gasteiger partial charge >= 0.3 is 0 Å². The van der Waals surface area contributed by atoms with Gasteiger partial charge in [-0.2, -0.15) is 0 Å². The molecule has 0 spiro atoms. The molecule has 0 aliphatic carbocycles. The summed E-state index contributed by atoms with van der Waals surface area (Å²) in [6.07, 6.45) is 5.34. The molecule has 1 N–H and O–H groups in total. The SMILES string of the molecule is CCCC(C)(CNCC)CN1CCCC1(C)C. The second-order valence-corrected chi connectivity index (χ2v) is 6.68. The second kappa shape index (κ2) is 6.19. The van der Waals surface area contributed by atoms with Crippen LogP contribution in [-0.4, -0.2) is 36.6 Å². The van der Waals surface area contributed by atoms with Gasteiger partial charge in [0, 0.05) is 18.6 Å². The van der Waals surface area contributed by atoms with Gasteiger partial charge in [0.05, 0.1) is 0 Å². The van der Waals surface area contributed by atoms with Crippen LogP contribution in [0.3, 0.4) is 0 Å². The Morgan fingerprint density at radius 2 is 2.00 bits per heavy atom. The number of likely N-dealkylation sites (tertiary alicyclic amines) is 1. The molecule has 1 unspecified atom stereocenters. The summed E-state index contributed by atoms with van der Waals surface area (Å²) < 4.78 is 0. The summed E-state index contributed by atoms with van der Waals surface area (Å²) >= 11 is 0. The van der Waals surface area contributed by atoms with Gasteiger partial charge in [0.15, 0.2) is 0 Å². The molecule has 2 nitrogen and oxygen atoms in total. The van der Waals surface area contributed by atoms with E-state index in [1.54, 1.807) is 0 Å². The van der Waals surface area contributed by atoms with E-state index in [0.717, 1.165) is 13.1 Å². The van der Waals surface area contributed by atoms with Gasteiger partial charge in [0.2, 0.25) is 0 Å². The topological polar surface area (TPSA) is 15.3 Å². The Labute approximate surface area is 108 Å². The van der Waals surface area contributed by atoms with E-state index in [-0.39, 0.29) is 0 Å². The van der Waals surface area contributed by atoms with Crippen LogP contribution in [0.2, 0.25) is 0 Å². The first-order valence-corrected chi connectivity index (χ1v) is 7.39. The maximum Gasteiger partial charge on any atom is 0.0153 e. The molecule has 0 aromatic heterocycles. The predicted molar refractivity (Wildman–Crippen MR) is 76.4 cm³/mol. The zero-order valence-electron chi connectivity index (χ0n) is 12.6. The van der Waals surface area contributed by atoms with E-state index in [1.165, 1.54) is 38.8 Å². The number of hydrogen-bond donors (Lipinski definition) is 1. The lowest BCUT2D eigenvalue weighted by molar-refractivity contribution is 0.0971. The lowest BCUT2D eigenvalue weighted by Gasteiger charge is -2.40. The van der Waals surface area contributed by atoms with Crippen LogP contribution < -0.4 is 5.32 Å². The number of hydrogen-bond acceptors (Lipinski definition) is 2. The van der Waals surface area contributed by atoms with Crippen molar-refractivity contribution in [1.82, 2.24) is 10.2 Å². The molecule has 0 aromatic rings. The minimum absolute atomic E-state index is 0.418. The smallest absolute Gasteiger partial charge is 0.0153 e. The predicted octanol–water partition coefficient (Wildman–Crippen LogP) is 3.28. The van der Waals surface area contributed by atoms with Crippen molar-refractivity contribution in [1.29, 1.82) is 0 Å². The third-order valence-electron chi connectivity index (χ3n) is 4.30. The van der Waals surface area contributed by atoms with E-state index in [9.17, 15) is 0 Å². The number of nitrogens with zero attached hydrogens (tertiary/aromatic N) is 1. The molecule has 1 rings (SSSR count). The Balaban J connectivity index is 2.59. The number of nitrogens with one attached hydrogen (secondary N) is 1. The Morgan fingerprint density at radius 3 is 2.47 bits per heavy atom. The minimum Gasteiger partial charge on any atom is -0.316 e. The molecule has 0 amide bonds. The summed E-state index contributed by atoms with van der Waals surface area (Å²) in [7, 11) is 0. The van der Waals surface area contributed by atoms with E-state index >= 15 is 0 Å². The van der Waals surface area contributed by atoms with E-state index < -0.39 is 0 Å². The van der Waals surface area contributed by atoms with Crippen LogP contribution in [-0.2, 0) is 0 Å². The summed E-state index contributed by atoms with van der Waals surface area (Å²) in [5.74, 6) is 0. The van der Waals surface area contributed by atoms with Gasteiger partial charge in [0.1, 0.15) is 0 Å².